The number of rotatable bonds is 4. The number of nitrogens with zero attached hydrogens (tertiary/aromatic N) is 2. The maximum Gasteiger partial charge on any atom is 0.335 e. The summed E-state index contributed by atoms with van der Waals surface area (Å²) in [4.78, 5) is 10.8. The number of sulfone groups is 1. The van der Waals surface area contributed by atoms with E-state index in [0.29, 0.717) is 5.69 Å². The first-order valence-electron chi connectivity index (χ1n) is 5.85. The Hall–Kier alpha value is -2.15. The van der Waals surface area contributed by atoms with Crippen molar-refractivity contribution in [1.29, 1.82) is 0 Å². The van der Waals surface area contributed by atoms with Crippen LogP contribution in [0.15, 0.2) is 35.2 Å². The average molecular weight is 294 g/mol. The highest BCUT2D eigenvalue weighted by molar-refractivity contribution is 7.90. The van der Waals surface area contributed by atoms with Gasteiger partial charge in [0, 0.05) is 7.05 Å². The van der Waals surface area contributed by atoms with Crippen molar-refractivity contribution in [3.05, 3.63) is 47.3 Å². The van der Waals surface area contributed by atoms with E-state index in [9.17, 15) is 13.2 Å². The lowest BCUT2D eigenvalue weighted by molar-refractivity contribution is 0.0696. The van der Waals surface area contributed by atoms with Crippen LogP contribution in [0, 0.1) is 6.92 Å². The second kappa shape index (κ2) is 5.09. The van der Waals surface area contributed by atoms with Gasteiger partial charge in [-0.2, -0.15) is 5.10 Å². The minimum atomic E-state index is -3.52. The highest BCUT2D eigenvalue weighted by atomic mass is 32.2. The van der Waals surface area contributed by atoms with E-state index < -0.39 is 15.8 Å². The Bertz CT molecular complexity index is 745. The van der Waals surface area contributed by atoms with Gasteiger partial charge in [0.05, 0.1) is 27.6 Å². The van der Waals surface area contributed by atoms with E-state index >= 15 is 0 Å². The smallest absolute Gasteiger partial charge is 0.335 e. The van der Waals surface area contributed by atoms with Crippen molar-refractivity contribution >= 4 is 15.8 Å². The van der Waals surface area contributed by atoms with E-state index in [4.69, 9.17) is 5.11 Å². The number of aryl methyl sites for hydroxylation is 2. The third kappa shape index (κ3) is 2.88. The molecule has 0 saturated carbocycles. The lowest BCUT2D eigenvalue weighted by Gasteiger charge is -2.05. The van der Waals surface area contributed by atoms with E-state index in [1.165, 1.54) is 28.9 Å². The SMILES string of the molecule is Cc1cc(CS(=O)(=O)c2ccc(C(=O)O)cc2)n(C)n1. The van der Waals surface area contributed by atoms with Crippen LogP contribution < -0.4 is 0 Å². The number of carboxylic acids is 1. The molecule has 106 valence electrons. The molecule has 2 aromatic rings. The zero-order chi connectivity index (χ0) is 14.9. The van der Waals surface area contributed by atoms with Crippen molar-refractivity contribution in [3.63, 3.8) is 0 Å². The summed E-state index contributed by atoms with van der Waals surface area (Å²) in [6.07, 6.45) is 0. The molecule has 0 spiro atoms. The fourth-order valence-corrected chi connectivity index (χ4v) is 3.26. The molecule has 0 bridgehead atoms. The summed E-state index contributed by atoms with van der Waals surface area (Å²) >= 11 is 0. The van der Waals surface area contributed by atoms with E-state index in [1.807, 2.05) is 0 Å². The van der Waals surface area contributed by atoms with Gasteiger partial charge in [0.2, 0.25) is 0 Å². The Kier molecular flexibility index (Phi) is 3.63. The molecule has 0 aliphatic heterocycles. The van der Waals surface area contributed by atoms with Crippen LogP contribution in [-0.4, -0.2) is 29.3 Å². The van der Waals surface area contributed by atoms with E-state index in [-0.39, 0.29) is 16.2 Å². The standard InChI is InChI=1S/C13H14N2O4S/c1-9-7-11(15(2)14-9)8-20(18,19)12-5-3-10(4-6-12)13(16)17/h3-7H,8H2,1-2H3,(H,16,17). The molecular formula is C13H14N2O4S. The van der Waals surface area contributed by atoms with Gasteiger partial charge in [0.1, 0.15) is 0 Å². The minimum absolute atomic E-state index is 0.0559. The molecule has 0 aliphatic rings. The number of hydrogen-bond acceptors (Lipinski definition) is 4. The third-order valence-electron chi connectivity index (χ3n) is 2.90. The number of aromatic nitrogens is 2. The van der Waals surface area contributed by atoms with Crippen LogP contribution >= 0.6 is 0 Å². The molecular weight excluding hydrogens is 280 g/mol. The van der Waals surface area contributed by atoms with Crippen LogP contribution in [-0.2, 0) is 22.6 Å². The van der Waals surface area contributed by atoms with Gasteiger partial charge in [-0.15, -0.1) is 0 Å². The molecule has 1 N–H and O–H groups in total. The number of benzene rings is 1. The molecule has 0 atom stereocenters. The second-order valence-electron chi connectivity index (χ2n) is 4.49. The van der Waals surface area contributed by atoms with Crippen LogP contribution in [0.2, 0.25) is 0 Å². The summed E-state index contributed by atoms with van der Waals surface area (Å²) < 4.78 is 26.0. The Morgan fingerprint density at radius 3 is 2.35 bits per heavy atom. The molecule has 7 heteroatoms. The van der Waals surface area contributed by atoms with Crippen LogP contribution in [0.5, 0.6) is 0 Å². The van der Waals surface area contributed by atoms with Crippen LogP contribution in [0.25, 0.3) is 0 Å². The molecule has 0 amide bonds. The van der Waals surface area contributed by atoms with E-state index in [2.05, 4.69) is 5.10 Å². The van der Waals surface area contributed by atoms with Gasteiger partial charge in [0.15, 0.2) is 9.84 Å². The van der Waals surface area contributed by atoms with Crippen molar-refractivity contribution in [2.45, 2.75) is 17.6 Å². The fourth-order valence-electron chi connectivity index (χ4n) is 1.88. The third-order valence-corrected chi connectivity index (χ3v) is 4.56. The number of aromatic carboxylic acids is 1. The minimum Gasteiger partial charge on any atom is -0.478 e. The molecule has 2 rings (SSSR count). The Morgan fingerprint density at radius 2 is 1.90 bits per heavy atom. The van der Waals surface area contributed by atoms with Gasteiger partial charge in [-0.1, -0.05) is 0 Å². The van der Waals surface area contributed by atoms with Gasteiger partial charge in [-0.05, 0) is 37.3 Å². The predicted molar refractivity (Wildman–Crippen MR) is 72.2 cm³/mol. The molecule has 0 saturated heterocycles. The molecule has 0 fully saturated rings. The van der Waals surface area contributed by atoms with Crippen LogP contribution in [0.4, 0.5) is 0 Å². The molecule has 0 unspecified atom stereocenters. The largest absolute Gasteiger partial charge is 0.478 e. The van der Waals surface area contributed by atoms with E-state index in [0.717, 1.165) is 5.69 Å². The first kappa shape index (κ1) is 14.3. The average Bonchev–Trinajstić information content (AvgIpc) is 2.67. The fraction of sp³-hybridized carbons (Fsp3) is 0.231. The van der Waals surface area contributed by atoms with Gasteiger partial charge in [-0.25, -0.2) is 13.2 Å². The van der Waals surface area contributed by atoms with E-state index in [1.54, 1.807) is 20.0 Å². The monoisotopic (exact) mass is 294 g/mol. The van der Waals surface area contributed by atoms with Crippen molar-refractivity contribution in [2.24, 2.45) is 7.05 Å². The van der Waals surface area contributed by atoms with Gasteiger partial charge < -0.3 is 5.11 Å². The quantitative estimate of drug-likeness (QED) is 0.920. The zero-order valence-corrected chi connectivity index (χ0v) is 11.9. The van der Waals surface area contributed by atoms with Crippen molar-refractivity contribution < 1.29 is 18.3 Å². The topological polar surface area (TPSA) is 89.3 Å². The van der Waals surface area contributed by atoms with Gasteiger partial charge in [-0.3, -0.25) is 4.68 Å². The van der Waals surface area contributed by atoms with Gasteiger partial charge in [0.25, 0.3) is 0 Å². The first-order chi connectivity index (χ1) is 9.29. The molecule has 1 aromatic carbocycles. The lowest BCUT2D eigenvalue weighted by Crippen LogP contribution is -2.09. The molecule has 1 heterocycles. The summed E-state index contributed by atoms with van der Waals surface area (Å²) in [6, 6.07) is 6.89. The van der Waals surface area contributed by atoms with Crippen LogP contribution in [0.3, 0.4) is 0 Å². The summed E-state index contributed by atoms with van der Waals surface area (Å²) in [5, 5.41) is 12.9. The first-order valence-corrected chi connectivity index (χ1v) is 7.50. The maximum atomic E-state index is 12.3. The Labute approximate surface area is 116 Å². The lowest BCUT2D eigenvalue weighted by atomic mass is 10.2. The zero-order valence-electron chi connectivity index (χ0n) is 11.1. The summed E-state index contributed by atoms with van der Waals surface area (Å²) in [5.41, 5.74) is 1.39. The summed E-state index contributed by atoms with van der Waals surface area (Å²) in [7, 11) is -1.83. The molecule has 1 aromatic heterocycles. The molecule has 0 radical (unpaired) electrons. The molecule has 0 aliphatic carbocycles. The maximum absolute atomic E-state index is 12.3. The number of carboxylic acid groups (broad SMARTS) is 1. The highest BCUT2D eigenvalue weighted by Gasteiger charge is 2.18. The summed E-state index contributed by atoms with van der Waals surface area (Å²) in [5.74, 6) is -1.26. The molecule has 20 heavy (non-hydrogen) atoms. The van der Waals surface area contributed by atoms with Gasteiger partial charge >= 0.3 is 5.97 Å². The second-order valence-corrected chi connectivity index (χ2v) is 6.48. The number of hydrogen-bond donors (Lipinski definition) is 1. The van der Waals surface area contributed by atoms with Crippen molar-refractivity contribution in [1.82, 2.24) is 9.78 Å². The van der Waals surface area contributed by atoms with Crippen molar-refractivity contribution in [2.75, 3.05) is 0 Å². The highest BCUT2D eigenvalue weighted by Crippen LogP contribution is 2.17. The van der Waals surface area contributed by atoms with Crippen LogP contribution in [0.1, 0.15) is 21.7 Å². The number of carbonyl (C=O) groups is 1. The predicted octanol–water partition coefficient (Wildman–Crippen LogP) is 1.40. The van der Waals surface area contributed by atoms with Crippen molar-refractivity contribution in [3.8, 4) is 0 Å². The normalized spacial score (nSPS) is 11.5. The summed E-state index contributed by atoms with van der Waals surface area (Å²) in [6.45, 7) is 1.79. The Balaban J connectivity index is 2.30. The Morgan fingerprint density at radius 1 is 1.30 bits per heavy atom. The molecule has 6 nitrogen and oxygen atoms in total.